The Labute approximate surface area is 265 Å². The lowest BCUT2D eigenvalue weighted by molar-refractivity contribution is -0.138. The molecule has 0 fully saturated rings. The molecule has 5 aromatic rings. The van der Waals surface area contributed by atoms with Crippen LogP contribution in [0.3, 0.4) is 0 Å². The van der Waals surface area contributed by atoms with Crippen molar-refractivity contribution in [2.45, 2.75) is 19.9 Å². The Morgan fingerprint density at radius 2 is 1.85 bits per heavy atom. The number of carboxylic acid groups (broad SMARTS) is 1. The molecule has 3 aromatic carbocycles. The van der Waals surface area contributed by atoms with Gasteiger partial charge in [-0.1, -0.05) is 53.8 Å². The summed E-state index contributed by atoms with van der Waals surface area (Å²) in [7, 11) is 0. The third kappa shape index (κ3) is 5.10. The van der Waals surface area contributed by atoms with Gasteiger partial charge in [-0.3, -0.25) is 9.36 Å². The molecule has 0 aliphatic carbocycles. The van der Waals surface area contributed by atoms with E-state index in [4.69, 9.17) is 23.6 Å². The minimum Gasteiger partial charge on any atom is -0.478 e. The first-order valence-corrected chi connectivity index (χ1v) is 15.3. The number of hydrogen-bond donors (Lipinski definition) is 1. The van der Waals surface area contributed by atoms with E-state index in [-0.39, 0.29) is 30.1 Å². The van der Waals surface area contributed by atoms with E-state index in [2.05, 4.69) is 0 Å². The Bertz CT molecular complexity index is 2240. The van der Waals surface area contributed by atoms with E-state index < -0.39 is 18.0 Å². The molecule has 2 aromatic heterocycles. The lowest BCUT2D eigenvalue weighted by atomic mass is 9.93. The highest BCUT2D eigenvalue weighted by Crippen LogP contribution is 2.40. The number of thiazole rings is 1. The molecule has 0 amide bonds. The highest BCUT2D eigenvalue weighted by Gasteiger charge is 2.36. The van der Waals surface area contributed by atoms with Crippen molar-refractivity contribution in [2.75, 3.05) is 13.4 Å². The first kappa shape index (κ1) is 29.1. The van der Waals surface area contributed by atoms with Crippen LogP contribution in [0.1, 0.15) is 45.8 Å². The summed E-state index contributed by atoms with van der Waals surface area (Å²) in [5.74, 6) is 0.312. The average molecular weight is 635 g/mol. The minimum absolute atomic E-state index is 0.0721. The quantitative estimate of drug-likeness (QED) is 0.250. The molecule has 0 radical (unpaired) electrons. The van der Waals surface area contributed by atoms with Crippen LogP contribution in [0.15, 0.2) is 98.6 Å². The van der Waals surface area contributed by atoms with Gasteiger partial charge in [-0.15, -0.1) is 0 Å². The third-order valence-electron chi connectivity index (χ3n) is 7.74. The van der Waals surface area contributed by atoms with E-state index >= 15 is 0 Å². The monoisotopic (exact) mass is 634 g/mol. The first-order chi connectivity index (χ1) is 22.3. The number of rotatable bonds is 7. The van der Waals surface area contributed by atoms with Crippen LogP contribution in [0.2, 0.25) is 0 Å². The number of carbonyl (C=O) groups excluding carboxylic acids is 1. The van der Waals surface area contributed by atoms with Crippen molar-refractivity contribution in [3.05, 3.63) is 132 Å². The van der Waals surface area contributed by atoms with Crippen LogP contribution in [0.5, 0.6) is 11.5 Å². The Hall–Kier alpha value is -5.68. The Balaban J connectivity index is 1.41. The molecule has 2 aliphatic heterocycles. The van der Waals surface area contributed by atoms with E-state index in [1.54, 1.807) is 55.5 Å². The van der Waals surface area contributed by atoms with Crippen LogP contribution in [0.25, 0.3) is 23.1 Å². The number of carboxylic acids is 1. The van der Waals surface area contributed by atoms with Gasteiger partial charge in [-0.05, 0) is 61.4 Å². The molecule has 11 heteroatoms. The molecule has 1 N–H and O–H groups in total. The Morgan fingerprint density at radius 3 is 2.63 bits per heavy atom. The van der Waals surface area contributed by atoms with Crippen molar-refractivity contribution in [1.82, 2.24) is 4.57 Å². The molecule has 0 bridgehead atoms. The number of hydrogen-bond acceptors (Lipinski definition) is 9. The van der Waals surface area contributed by atoms with E-state index in [1.165, 1.54) is 22.0 Å². The standard InChI is InChI=1S/C35H26N2O8S/c1-3-42-34(41)29-30(20-7-5-4-6-8-20)36-35-37(31(29)21-11-13-26-27(16-21)44-18-43-26)32(38)28(46-35)17-23-12-14-25(45-23)24-15-22(33(39)40)10-9-19(24)2/h4-17,31H,3,18H2,1-2H3,(H,39,40)/b28-17-/t31-/m1/s1. The SMILES string of the molecule is CCOC(=O)C1=C(c2ccccc2)N=c2s/c(=C\c3ccc(-c4cc(C(=O)O)ccc4C)o3)c(=O)n2[C@@H]1c1ccc2c(c1)OCO2. The first-order valence-electron chi connectivity index (χ1n) is 14.4. The van der Waals surface area contributed by atoms with Crippen LogP contribution in [0, 0.1) is 6.92 Å². The smallest absolute Gasteiger partial charge is 0.338 e. The molecule has 0 spiro atoms. The second-order valence-corrected chi connectivity index (χ2v) is 11.6. The van der Waals surface area contributed by atoms with Gasteiger partial charge in [0.25, 0.3) is 5.56 Å². The number of aryl methyl sites for hydroxylation is 1. The molecular weight excluding hydrogens is 608 g/mol. The summed E-state index contributed by atoms with van der Waals surface area (Å²) in [5.41, 5.74) is 3.19. The minimum atomic E-state index is -1.04. The molecule has 1 atom stereocenters. The van der Waals surface area contributed by atoms with Gasteiger partial charge in [0.05, 0.1) is 34.0 Å². The van der Waals surface area contributed by atoms with E-state index in [9.17, 15) is 19.5 Å². The lowest BCUT2D eigenvalue weighted by Crippen LogP contribution is -2.40. The molecule has 7 rings (SSSR count). The molecule has 4 heterocycles. The van der Waals surface area contributed by atoms with Gasteiger partial charge in [0.1, 0.15) is 11.5 Å². The topological polar surface area (TPSA) is 130 Å². The van der Waals surface area contributed by atoms with Gasteiger partial charge in [0.15, 0.2) is 16.3 Å². The molecule has 10 nitrogen and oxygen atoms in total. The molecule has 230 valence electrons. The number of fused-ring (bicyclic) bond motifs is 2. The second kappa shape index (κ2) is 11.7. The van der Waals surface area contributed by atoms with Crippen LogP contribution in [-0.2, 0) is 9.53 Å². The zero-order chi connectivity index (χ0) is 31.9. The fourth-order valence-corrected chi connectivity index (χ4v) is 6.54. The highest BCUT2D eigenvalue weighted by molar-refractivity contribution is 7.07. The van der Waals surface area contributed by atoms with Crippen molar-refractivity contribution < 1.29 is 33.3 Å². The Kier molecular flexibility index (Phi) is 7.37. The number of aromatic carboxylic acids is 1. The number of aromatic nitrogens is 1. The Morgan fingerprint density at radius 1 is 1.04 bits per heavy atom. The number of nitrogens with zero attached hydrogens (tertiary/aromatic N) is 2. The predicted octanol–water partition coefficient (Wildman–Crippen LogP) is 4.93. The molecular formula is C35H26N2O8S. The van der Waals surface area contributed by atoms with Crippen molar-refractivity contribution in [3.8, 4) is 22.8 Å². The van der Waals surface area contributed by atoms with Crippen LogP contribution >= 0.6 is 11.3 Å². The summed E-state index contributed by atoms with van der Waals surface area (Å²) in [4.78, 5) is 44.7. The van der Waals surface area contributed by atoms with Gasteiger partial charge in [0.2, 0.25) is 6.79 Å². The van der Waals surface area contributed by atoms with Gasteiger partial charge < -0.3 is 23.7 Å². The van der Waals surface area contributed by atoms with Crippen molar-refractivity contribution in [2.24, 2.45) is 4.99 Å². The number of carbonyl (C=O) groups is 2. The molecule has 0 saturated carbocycles. The fourth-order valence-electron chi connectivity index (χ4n) is 5.56. The van der Waals surface area contributed by atoms with E-state index in [1.807, 2.05) is 37.3 Å². The van der Waals surface area contributed by atoms with Gasteiger partial charge in [-0.25, -0.2) is 14.6 Å². The number of furan rings is 1. The summed E-state index contributed by atoms with van der Waals surface area (Å²) in [6, 6.07) is 22.0. The maximum Gasteiger partial charge on any atom is 0.338 e. The van der Waals surface area contributed by atoms with Gasteiger partial charge in [-0.2, -0.15) is 0 Å². The van der Waals surface area contributed by atoms with Crippen molar-refractivity contribution in [1.29, 1.82) is 0 Å². The largest absolute Gasteiger partial charge is 0.478 e. The number of esters is 1. The molecule has 46 heavy (non-hydrogen) atoms. The van der Waals surface area contributed by atoms with Gasteiger partial charge in [0, 0.05) is 17.2 Å². The summed E-state index contributed by atoms with van der Waals surface area (Å²) in [6.45, 7) is 3.80. The van der Waals surface area contributed by atoms with E-state index in [0.29, 0.717) is 54.7 Å². The second-order valence-electron chi connectivity index (χ2n) is 10.6. The maximum absolute atomic E-state index is 14.2. The summed E-state index contributed by atoms with van der Waals surface area (Å²) in [5, 5.41) is 9.45. The average Bonchev–Trinajstić information content (AvgIpc) is 3.80. The van der Waals surface area contributed by atoms with Crippen LogP contribution < -0.4 is 24.4 Å². The van der Waals surface area contributed by atoms with E-state index in [0.717, 1.165) is 5.56 Å². The summed E-state index contributed by atoms with van der Waals surface area (Å²) >= 11 is 1.17. The van der Waals surface area contributed by atoms with Crippen LogP contribution in [-0.4, -0.2) is 35.0 Å². The molecule has 2 aliphatic rings. The van der Waals surface area contributed by atoms with Crippen LogP contribution in [0.4, 0.5) is 0 Å². The summed E-state index contributed by atoms with van der Waals surface area (Å²) < 4.78 is 24.6. The molecule has 0 unspecified atom stereocenters. The third-order valence-corrected chi connectivity index (χ3v) is 8.72. The zero-order valence-corrected chi connectivity index (χ0v) is 25.5. The fraction of sp³-hybridized carbons (Fsp3) is 0.143. The zero-order valence-electron chi connectivity index (χ0n) is 24.7. The normalized spacial score (nSPS) is 15.4. The number of ether oxygens (including phenoxy) is 3. The molecule has 0 saturated heterocycles. The predicted molar refractivity (Wildman–Crippen MR) is 169 cm³/mol. The number of benzene rings is 3. The van der Waals surface area contributed by atoms with Crippen molar-refractivity contribution in [3.63, 3.8) is 0 Å². The van der Waals surface area contributed by atoms with Crippen molar-refractivity contribution >= 4 is 35.0 Å². The lowest BCUT2D eigenvalue weighted by Gasteiger charge is -2.26. The maximum atomic E-state index is 14.2. The van der Waals surface area contributed by atoms with Gasteiger partial charge >= 0.3 is 11.9 Å². The summed E-state index contributed by atoms with van der Waals surface area (Å²) in [6.07, 6.45) is 1.62. The highest BCUT2D eigenvalue weighted by atomic mass is 32.1.